The monoisotopic (exact) mass is 533 g/mol. The van der Waals surface area contributed by atoms with Crippen LogP contribution in [-0.4, -0.2) is 44.7 Å². The third kappa shape index (κ3) is 5.25. The second-order valence-electron chi connectivity index (χ2n) is 8.27. The van der Waals surface area contributed by atoms with E-state index in [2.05, 4.69) is 25.7 Å². The number of nitrogens with zero attached hydrogens (tertiary/aromatic N) is 5. The first kappa shape index (κ1) is 26.5. The first-order chi connectivity index (χ1) is 18.3. The third-order valence-electron chi connectivity index (χ3n) is 5.95. The third-order valence-corrected chi connectivity index (χ3v) is 6.28. The van der Waals surface area contributed by atoms with Gasteiger partial charge in [0.1, 0.15) is 17.2 Å². The van der Waals surface area contributed by atoms with Crippen molar-refractivity contribution >= 4 is 40.6 Å². The van der Waals surface area contributed by atoms with Crippen LogP contribution in [0.15, 0.2) is 65.7 Å². The summed E-state index contributed by atoms with van der Waals surface area (Å²) in [5.41, 5.74) is 4.48. The molecule has 0 amide bonds. The van der Waals surface area contributed by atoms with E-state index >= 15 is 0 Å². The number of nitrogens with one attached hydrogen (secondary N) is 2. The van der Waals surface area contributed by atoms with Crippen molar-refractivity contribution in [3.63, 3.8) is 0 Å². The Kier molecular flexibility index (Phi) is 7.82. The summed E-state index contributed by atoms with van der Waals surface area (Å²) in [5, 5.41) is 11.3. The average Bonchev–Trinajstić information content (AvgIpc) is 3.43. The van der Waals surface area contributed by atoms with Gasteiger partial charge in [-0.1, -0.05) is 11.6 Å². The van der Waals surface area contributed by atoms with Crippen LogP contribution in [0.3, 0.4) is 0 Å². The number of rotatable bonds is 5. The largest absolute Gasteiger partial charge is 0.388 e. The fraction of sp³-hybridized carbons (Fsp3) is 0.148. The summed E-state index contributed by atoms with van der Waals surface area (Å²) in [7, 11) is 5.27. The number of fused-ring (bicyclic) bond motifs is 1. The minimum Gasteiger partial charge on any atom is -0.388 e. The smallest absolute Gasteiger partial charge is 0.260 e. The molecule has 0 aliphatic rings. The number of aromatic nitrogens is 5. The summed E-state index contributed by atoms with van der Waals surface area (Å²) in [5.74, 6) is 0.177. The van der Waals surface area contributed by atoms with Gasteiger partial charge in [0.15, 0.2) is 6.29 Å². The maximum absolute atomic E-state index is 13.0. The van der Waals surface area contributed by atoms with E-state index in [9.17, 15) is 14.0 Å². The van der Waals surface area contributed by atoms with E-state index in [1.807, 2.05) is 26.1 Å². The molecule has 0 fully saturated rings. The van der Waals surface area contributed by atoms with Crippen molar-refractivity contribution in [2.45, 2.75) is 6.92 Å². The standard InChI is InChI=1S/C17H18ClN5O.C10H7FN2O/c1-9-12-8-21-17(20-3)22-15(12)23(4)16(24)14(9)11-7-10(19-2)5-6-13(11)18;11-8-1-3-10(4-2-8)13-6-5-9(7-14)12-13/h5-8,19H,1-4H3,(H,20,21,22);1-7H. The van der Waals surface area contributed by atoms with Crippen LogP contribution >= 0.6 is 11.6 Å². The van der Waals surface area contributed by atoms with E-state index < -0.39 is 0 Å². The lowest BCUT2D eigenvalue weighted by atomic mass is 9.99. The molecule has 0 radical (unpaired) electrons. The summed E-state index contributed by atoms with van der Waals surface area (Å²) in [6, 6.07) is 13.0. The first-order valence-corrected chi connectivity index (χ1v) is 11.9. The van der Waals surface area contributed by atoms with Crippen LogP contribution in [0.2, 0.25) is 5.02 Å². The Labute approximate surface area is 222 Å². The molecule has 5 rings (SSSR count). The molecule has 0 saturated carbocycles. The molecule has 0 aliphatic carbocycles. The molecule has 0 bridgehead atoms. The summed E-state index contributed by atoms with van der Waals surface area (Å²) in [6.45, 7) is 1.89. The Hall–Kier alpha value is -4.57. The summed E-state index contributed by atoms with van der Waals surface area (Å²) in [6.07, 6.45) is 4.04. The predicted octanol–water partition coefficient (Wildman–Crippen LogP) is 4.86. The number of hydrogen-bond acceptors (Lipinski definition) is 7. The van der Waals surface area contributed by atoms with Crippen molar-refractivity contribution in [3.05, 3.63) is 93.4 Å². The molecule has 3 heterocycles. The molecular weight excluding hydrogens is 509 g/mol. The number of halogens is 2. The zero-order valence-electron chi connectivity index (χ0n) is 21.2. The highest BCUT2D eigenvalue weighted by Crippen LogP contribution is 2.33. The number of aryl methyl sites for hydroxylation is 2. The van der Waals surface area contributed by atoms with E-state index in [-0.39, 0.29) is 11.4 Å². The second kappa shape index (κ2) is 11.2. The van der Waals surface area contributed by atoms with Gasteiger partial charge in [-0.25, -0.2) is 14.1 Å². The van der Waals surface area contributed by atoms with Crippen molar-refractivity contribution in [3.8, 4) is 16.8 Å². The van der Waals surface area contributed by atoms with Gasteiger partial charge in [0.25, 0.3) is 5.56 Å². The molecule has 38 heavy (non-hydrogen) atoms. The number of aldehydes is 1. The zero-order valence-corrected chi connectivity index (χ0v) is 21.9. The molecular formula is C27H25ClFN7O2. The lowest BCUT2D eigenvalue weighted by molar-refractivity contribution is 0.111. The van der Waals surface area contributed by atoms with E-state index in [1.54, 1.807) is 50.8 Å². The molecule has 0 saturated heterocycles. The number of pyridine rings is 1. The molecule has 3 aromatic heterocycles. The minimum atomic E-state index is -0.295. The maximum atomic E-state index is 13.0. The van der Waals surface area contributed by atoms with Crippen molar-refractivity contribution in [2.75, 3.05) is 24.7 Å². The summed E-state index contributed by atoms with van der Waals surface area (Å²) < 4.78 is 15.6. The molecule has 0 atom stereocenters. The SMILES string of the molecule is CNc1ccc(Cl)c(-c2c(C)c3cnc(NC)nc3n(C)c2=O)c1.O=Cc1ccn(-c2ccc(F)cc2)n1. The highest BCUT2D eigenvalue weighted by molar-refractivity contribution is 6.33. The van der Waals surface area contributed by atoms with Crippen molar-refractivity contribution < 1.29 is 9.18 Å². The molecule has 2 aromatic carbocycles. The van der Waals surface area contributed by atoms with E-state index in [1.165, 1.54) is 21.4 Å². The highest BCUT2D eigenvalue weighted by Gasteiger charge is 2.18. The van der Waals surface area contributed by atoms with Crippen LogP contribution in [0.4, 0.5) is 16.0 Å². The van der Waals surface area contributed by atoms with Gasteiger partial charge in [-0.3, -0.25) is 14.2 Å². The van der Waals surface area contributed by atoms with Gasteiger partial charge in [0.2, 0.25) is 5.95 Å². The van der Waals surface area contributed by atoms with Crippen LogP contribution in [0, 0.1) is 12.7 Å². The van der Waals surface area contributed by atoms with Crippen LogP contribution in [-0.2, 0) is 7.05 Å². The molecule has 194 valence electrons. The Bertz CT molecular complexity index is 1680. The molecule has 0 unspecified atom stereocenters. The highest BCUT2D eigenvalue weighted by atomic mass is 35.5. The Morgan fingerprint density at radius 2 is 1.79 bits per heavy atom. The molecule has 9 nitrogen and oxygen atoms in total. The quantitative estimate of drug-likeness (QED) is 0.310. The number of hydrogen-bond donors (Lipinski definition) is 2. The summed E-state index contributed by atoms with van der Waals surface area (Å²) >= 11 is 6.37. The Balaban J connectivity index is 0.000000204. The fourth-order valence-electron chi connectivity index (χ4n) is 3.90. The first-order valence-electron chi connectivity index (χ1n) is 11.6. The summed E-state index contributed by atoms with van der Waals surface area (Å²) in [4.78, 5) is 32.0. The zero-order chi connectivity index (χ0) is 27.4. The van der Waals surface area contributed by atoms with Crippen molar-refractivity contribution in [1.82, 2.24) is 24.3 Å². The maximum Gasteiger partial charge on any atom is 0.260 e. The van der Waals surface area contributed by atoms with E-state index in [0.29, 0.717) is 39.7 Å². The van der Waals surface area contributed by atoms with Gasteiger partial charge in [0, 0.05) is 55.2 Å². The average molecular weight is 534 g/mol. The number of carbonyl (C=O) groups is 1. The van der Waals surface area contributed by atoms with Gasteiger partial charge >= 0.3 is 0 Å². The van der Waals surface area contributed by atoms with Gasteiger partial charge in [0.05, 0.1) is 11.3 Å². The van der Waals surface area contributed by atoms with E-state index in [4.69, 9.17) is 11.6 Å². The van der Waals surface area contributed by atoms with Crippen LogP contribution in [0.5, 0.6) is 0 Å². The normalized spacial score (nSPS) is 10.6. The van der Waals surface area contributed by atoms with Crippen molar-refractivity contribution in [2.24, 2.45) is 7.05 Å². The van der Waals surface area contributed by atoms with Crippen LogP contribution in [0.25, 0.3) is 27.8 Å². The Morgan fingerprint density at radius 1 is 1.05 bits per heavy atom. The van der Waals surface area contributed by atoms with Gasteiger partial charge in [-0.15, -0.1) is 0 Å². The van der Waals surface area contributed by atoms with Crippen molar-refractivity contribution in [1.29, 1.82) is 0 Å². The lowest BCUT2D eigenvalue weighted by Crippen LogP contribution is -2.22. The van der Waals surface area contributed by atoms with E-state index in [0.717, 1.165) is 22.3 Å². The second-order valence-corrected chi connectivity index (χ2v) is 8.68. The lowest BCUT2D eigenvalue weighted by Gasteiger charge is -2.14. The van der Waals surface area contributed by atoms with Crippen LogP contribution < -0.4 is 16.2 Å². The molecule has 0 aliphatic heterocycles. The predicted molar refractivity (Wildman–Crippen MR) is 148 cm³/mol. The fourth-order valence-corrected chi connectivity index (χ4v) is 4.11. The number of anilines is 2. The van der Waals surface area contributed by atoms with Crippen LogP contribution in [0.1, 0.15) is 16.1 Å². The topological polar surface area (TPSA) is 107 Å². The number of benzene rings is 2. The molecule has 5 aromatic rings. The van der Waals surface area contributed by atoms with Gasteiger partial charge in [-0.05, 0) is 61.0 Å². The molecule has 0 spiro atoms. The minimum absolute atomic E-state index is 0.143. The molecule has 11 heteroatoms. The van der Waals surface area contributed by atoms with Gasteiger partial charge < -0.3 is 10.6 Å². The molecule has 2 N–H and O–H groups in total. The Morgan fingerprint density at radius 3 is 2.42 bits per heavy atom. The van der Waals surface area contributed by atoms with Gasteiger partial charge in [-0.2, -0.15) is 10.1 Å². The number of carbonyl (C=O) groups excluding carboxylic acids is 1.